The highest BCUT2D eigenvalue weighted by molar-refractivity contribution is 7.20. The van der Waals surface area contributed by atoms with E-state index in [1.54, 1.807) is 7.11 Å². The van der Waals surface area contributed by atoms with Crippen LogP contribution in [0.4, 0.5) is 0 Å². The topological polar surface area (TPSA) is 60.9 Å². The predicted molar refractivity (Wildman–Crippen MR) is 129 cm³/mol. The fraction of sp³-hybridized carbons (Fsp3) is 0.231. The largest absolute Gasteiger partial charge is 0.497 e. The molecule has 0 unspecified atom stereocenters. The van der Waals surface area contributed by atoms with Crippen molar-refractivity contribution in [3.05, 3.63) is 78.4 Å². The Morgan fingerprint density at radius 3 is 2.52 bits per heavy atom. The summed E-state index contributed by atoms with van der Waals surface area (Å²) in [4.78, 5) is 19.7. The van der Waals surface area contributed by atoms with Crippen LogP contribution in [-0.2, 0) is 0 Å². The molecule has 4 aromatic rings. The van der Waals surface area contributed by atoms with Gasteiger partial charge in [-0.2, -0.15) is 0 Å². The molecule has 1 amide bonds. The molecule has 5 rings (SSSR count). The summed E-state index contributed by atoms with van der Waals surface area (Å²) in [7, 11) is 1.65. The molecule has 0 spiro atoms. The number of amides is 1. The summed E-state index contributed by atoms with van der Waals surface area (Å²) >= 11 is 1.52. The van der Waals surface area contributed by atoms with E-state index in [4.69, 9.17) is 14.2 Å². The number of benzene rings is 3. The Hall–Kier alpha value is -3.58. The molecule has 168 valence electrons. The first-order chi connectivity index (χ1) is 16.2. The summed E-state index contributed by atoms with van der Waals surface area (Å²) < 4.78 is 18.5. The molecule has 1 fully saturated rings. The van der Waals surface area contributed by atoms with E-state index in [2.05, 4.69) is 4.98 Å². The van der Waals surface area contributed by atoms with Gasteiger partial charge in [0.25, 0.3) is 11.1 Å². The maximum atomic E-state index is 13.2. The third-order valence-electron chi connectivity index (χ3n) is 5.66. The van der Waals surface area contributed by atoms with Crippen LogP contribution < -0.4 is 14.2 Å². The molecule has 2 heterocycles. The zero-order valence-corrected chi connectivity index (χ0v) is 19.1. The zero-order chi connectivity index (χ0) is 22.6. The van der Waals surface area contributed by atoms with Gasteiger partial charge in [-0.1, -0.05) is 41.7 Å². The number of hydrogen-bond acceptors (Lipinski definition) is 6. The molecule has 3 aromatic carbocycles. The van der Waals surface area contributed by atoms with Gasteiger partial charge in [0, 0.05) is 25.9 Å². The molecule has 1 aliphatic heterocycles. The van der Waals surface area contributed by atoms with Gasteiger partial charge in [0.1, 0.15) is 23.4 Å². The highest BCUT2D eigenvalue weighted by Gasteiger charge is 2.27. The van der Waals surface area contributed by atoms with Crippen molar-refractivity contribution >= 4 is 27.5 Å². The number of carbonyl (C=O) groups excluding carboxylic acids is 1. The van der Waals surface area contributed by atoms with E-state index < -0.39 is 0 Å². The lowest BCUT2D eigenvalue weighted by Crippen LogP contribution is -2.41. The number of aromatic nitrogens is 1. The Morgan fingerprint density at radius 1 is 0.970 bits per heavy atom. The summed E-state index contributed by atoms with van der Waals surface area (Å²) in [5.41, 5.74) is 1.47. The summed E-state index contributed by atoms with van der Waals surface area (Å²) in [6.07, 6.45) is 1.55. The van der Waals surface area contributed by atoms with E-state index in [1.165, 1.54) is 11.3 Å². The highest BCUT2D eigenvalue weighted by atomic mass is 32.1. The summed E-state index contributed by atoms with van der Waals surface area (Å²) in [6.45, 7) is 1.25. The van der Waals surface area contributed by atoms with Gasteiger partial charge in [0.15, 0.2) is 0 Å². The molecule has 1 aromatic heterocycles. The summed E-state index contributed by atoms with van der Waals surface area (Å²) in [5, 5.41) is 0.657. The molecule has 0 bridgehead atoms. The smallest absolute Gasteiger partial charge is 0.274 e. The van der Waals surface area contributed by atoms with Gasteiger partial charge in [-0.15, -0.1) is 0 Å². The highest BCUT2D eigenvalue weighted by Crippen LogP contribution is 2.33. The molecular formula is C26H24N2O4S. The molecule has 0 radical (unpaired) electrons. The van der Waals surface area contributed by atoms with Crippen LogP contribution >= 0.6 is 11.3 Å². The molecule has 33 heavy (non-hydrogen) atoms. The second kappa shape index (κ2) is 9.50. The Morgan fingerprint density at radius 2 is 1.73 bits per heavy atom. The molecule has 0 aliphatic carbocycles. The SMILES string of the molecule is COc1ccc2nc(OC3CCN(C(=O)c4ccccc4Oc4ccccc4)CC3)sc2c1. The number of piperidine rings is 1. The van der Waals surface area contributed by atoms with Gasteiger partial charge < -0.3 is 19.1 Å². The zero-order valence-electron chi connectivity index (χ0n) is 18.3. The minimum atomic E-state index is -0.0212. The number of carbonyl (C=O) groups is 1. The lowest BCUT2D eigenvalue weighted by molar-refractivity contribution is 0.0593. The quantitative estimate of drug-likeness (QED) is 0.365. The van der Waals surface area contributed by atoms with Crippen LogP contribution in [0.2, 0.25) is 0 Å². The predicted octanol–water partition coefficient (Wildman–Crippen LogP) is 5.78. The van der Waals surface area contributed by atoms with E-state index >= 15 is 0 Å². The average molecular weight is 461 g/mol. The van der Waals surface area contributed by atoms with Crippen LogP contribution in [0.1, 0.15) is 23.2 Å². The molecule has 6 nitrogen and oxygen atoms in total. The number of ether oxygens (including phenoxy) is 3. The maximum absolute atomic E-state index is 13.2. The van der Waals surface area contributed by atoms with Crippen molar-refractivity contribution in [2.45, 2.75) is 18.9 Å². The van der Waals surface area contributed by atoms with Crippen molar-refractivity contribution in [1.82, 2.24) is 9.88 Å². The van der Waals surface area contributed by atoms with Gasteiger partial charge in [-0.25, -0.2) is 4.98 Å². The van der Waals surface area contributed by atoms with Gasteiger partial charge >= 0.3 is 0 Å². The van der Waals surface area contributed by atoms with Crippen LogP contribution in [-0.4, -0.2) is 42.1 Å². The fourth-order valence-corrected chi connectivity index (χ4v) is 4.81. The second-order valence-electron chi connectivity index (χ2n) is 7.83. The standard InChI is InChI=1S/C26H24N2O4S/c1-30-20-11-12-22-24(17-20)33-26(27-22)32-19-13-15-28(16-14-19)25(29)21-9-5-6-10-23(21)31-18-7-3-2-4-8-18/h2-12,17,19H,13-16H2,1H3. The lowest BCUT2D eigenvalue weighted by atomic mass is 10.1. The molecule has 0 saturated carbocycles. The van der Waals surface area contributed by atoms with Crippen molar-refractivity contribution in [3.63, 3.8) is 0 Å². The third-order valence-corrected chi connectivity index (χ3v) is 6.57. The first-order valence-corrected chi connectivity index (χ1v) is 11.7. The maximum Gasteiger partial charge on any atom is 0.274 e. The Bertz CT molecular complexity index is 1250. The van der Waals surface area contributed by atoms with Crippen molar-refractivity contribution < 1.29 is 19.0 Å². The van der Waals surface area contributed by atoms with E-state index in [-0.39, 0.29) is 12.0 Å². The summed E-state index contributed by atoms with van der Waals surface area (Å²) in [6, 6.07) is 22.7. The monoisotopic (exact) mass is 460 g/mol. The number of methoxy groups -OCH3 is 1. The van der Waals surface area contributed by atoms with Gasteiger partial charge in [-0.05, 0) is 42.5 Å². The Kier molecular flexibility index (Phi) is 6.13. The average Bonchev–Trinajstić information content (AvgIpc) is 3.26. The van der Waals surface area contributed by atoms with Gasteiger partial charge in [-0.3, -0.25) is 4.79 Å². The van der Waals surface area contributed by atoms with Crippen molar-refractivity contribution in [2.24, 2.45) is 0 Å². The lowest BCUT2D eigenvalue weighted by Gasteiger charge is -2.32. The van der Waals surface area contributed by atoms with E-state index in [1.807, 2.05) is 77.7 Å². The Labute approximate surface area is 196 Å². The Balaban J connectivity index is 1.22. The third kappa shape index (κ3) is 4.78. The number of thiazole rings is 1. The second-order valence-corrected chi connectivity index (χ2v) is 8.83. The van der Waals surface area contributed by atoms with Crippen LogP contribution in [0.3, 0.4) is 0 Å². The van der Waals surface area contributed by atoms with Crippen LogP contribution in [0.5, 0.6) is 22.4 Å². The summed E-state index contributed by atoms with van der Waals surface area (Å²) in [5.74, 6) is 2.06. The number of likely N-dealkylation sites (tertiary alicyclic amines) is 1. The van der Waals surface area contributed by atoms with Crippen LogP contribution in [0.25, 0.3) is 10.2 Å². The van der Waals surface area contributed by atoms with E-state index in [0.717, 1.165) is 28.8 Å². The molecule has 0 atom stereocenters. The van der Waals surface area contributed by atoms with Crippen molar-refractivity contribution in [3.8, 4) is 22.4 Å². The van der Waals surface area contributed by atoms with Gasteiger partial charge in [0.2, 0.25) is 0 Å². The number of para-hydroxylation sites is 2. The number of rotatable bonds is 6. The van der Waals surface area contributed by atoms with E-state index in [9.17, 15) is 4.79 Å². The molecular weight excluding hydrogens is 436 g/mol. The molecule has 7 heteroatoms. The fourth-order valence-electron chi connectivity index (χ4n) is 3.90. The van der Waals surface area contributed by atoms with Gasteiger partial charge in [0.05, 0.1) is 22.9 Å². The molecule has 1 saturated heterocycles. The molecule has 1 aliphatic rings. The number of fused-ring (bicyclic) bond motifs is 1. The van der Waals surface area contributed by atoms with Crippen molar-refractivity contribution in [1.29, 1.82) is 0 Å². The normalized spacial score (nSPS) is 14.3. The van der Waals surface area contributed by atoms with Crippen molar-refractivity contribution in [2.75, 3.05) is 20.2 Å². The molecule has 0 N–H and O–H groups in total. The first-order valence-electron chi connectivity index (χ1n) is 10.9. The van der Waals surface area contributed by atoms with Crippen LogP contribution in [0, 0.1) is 0 Å². The first kappa shape index (κ1) is 21.3. The minimum absolute atomic E-state index is 0.0212. The van der Waals surface area contributed by atoms with Crippen LogP contribution in [0.15, 0.2) is 72.8 Å². The number of nitrogens with zero attached hydrogens (tertiary/aromatic N) is 2. The minimum Gasteiger partial charge on any atom is -0.497 e. The number of hydrogen-bond donors (Lipinski definition) is 0. The van der Waals surface area contributed by atoms with E-state index in [0.29, 0.717) is 35.3 Å².